The minimum absolute atomic E-state index is 0.0523. The van der Waals surface area contributed by atoms with Crippen LogP contribution in [0.1, 0.15) is 45.1 Å². The summed E-state index contributed by atoms with van der Waals surface area (Å²) in [5, 5.41) is 0. The molecule has 6 heteroatoms. The third kappa shape index (κ3) is 4.06. The number of hydrogen-bond acceptors (Lipinski definition) is 3. The zero-order valence-electron chi connectivity index (χ0n) is 15.1. The van der Waals surface area contributed by atoms with E-state index >= 15 is 0 Å². The molecule has 1 aromatic carbocycles. The monoisotopic (exact) mass is 364 g/mol. The quantitative estimate of drug-likeness (QED) is 0.825. The first kappa shape index (κ1) is 18.4. The van der Waals surface area contributed by atoms with E-state index in [1.165, 1.54) is 0 Å². The maximum absolute atomic E-state index is 12.9. The predicted molar refractivity (Wildman–Crippen MR) is 98.4 cm³/mol. The molecule has 0 bridgehead atoms. The van der Waals surface area contributed by atoms with Gasteiger partial charge in [0.05, 0.1) is 5.75 Å². The molecule has 2 aliphatic rings. The van der Waals surface area contributed by atoms with Gasteiger partial charge < -0.3 is 4.90 Å². The van der Waals surface area contributed by atoms with Crippen LogP contribution in [0.25, 0.3) is 0 Å². The second kappa shape index (κ2) is 7.08. The van der Waals surface area contributed by atoms with Crippen molar-refractivity contribution in [2.24, 2.45) is 5.41 Å². The molecule has 25 heavy (non-hydrogen) atoms. The number of piperidine rings is 2. The van der Waals surface area contributed by atoms with Crippen molar-refractivity contribution < 1.29 is 13.2 Å². The van der Waals surface area contributed by atoms with Crippen LogP contribution >= 0.6 is 0 Å². The van der Waals surface area contributed by atoms with E-state index in [-0.39, 0.29) is 23.1 Å². The predicted octanol–water partition coefficient (Wildman–Crippen LogP) is 2.63. The van der Waals surface area contributed by atoms with Gasteiger partial charge in [-0.25, -0.2) is 12.7 Å². The molecular formula is C19H28N2O3S. The van der Waals surface area contributed by atoms with Gasteiger partial charge in [0.25, 0.3) is 0 Å². The Kier molecular flexibility index (Phi) is 5.21. The van der Waals surface area contributed by atoms with E-state index in [1.807, 2.05) is 49.1 Å². The SMILES string of the molecule is CC(C)N1C[C@]2(CCCN(S(=O)(=O)Cc3ccccc3)C2)CCC1=O. The summed E-state index contributed by atoms with van der Waals surface area (Å²) in [4.78, 5) is 14.1. The van der Waals surface area contributed by atoms with Gasteiger partial charge in [-0.2, -0.15) is 0 Å². The van der Waals surface area contributed by atoms with Crippen molar-refractivity contribution in [2.75, 3.05) is 19.6 Å². The lowest BCUT2D eigenvalue weighted by atomic mass is 9.74. The average molecular weight is 365 g/mol. The van der Waals surface area contributed by atoms with Crippen LogP contribution in [0, 0.1) is 5.41 Å². The summed E-state index contributed by atoms with van der Waals surface area (Å²) in [7, 11) is -3.33. The van der Waals surface area contributed by atoms with Crippen LogP contribution in [0.3, 0.4) is 0 Å². The number of sulfonamides is 1. The van der Waals surface area contributed by atoms with Crippen molar-refractivity contribution in [3.8, 4) is 0 Å². The van der Waals surface area contributed by atoms with Gasteiger partial charge in [0, 0.05) is 37.5 Å². The number of carbonyl (C=O) groups is 1. The van der Waals surface area contributed by atoms with Crippen molar-refractivity contribution in [3.63, 3.8) is 0 Å². The van der Waals surface area contributed by atoms with Crippen LogP contribution in [-0.4, -0.2) is 49.2 Å². The molecule has 3 rings (SSSR count). The molecule has 2 fully saturated rings. The number of likely N-dealkylation sites (tertiary alicyclic amines) is 1. The highest BCUT2D eigenvalue weighted by atomic mass is 32.2. The maximum Gasteiger partial charge on any atom is 0.222 e. The fourth-order valence-corrected chi connectivity index (χ4v) is 5.80. The molecule has 138 valence electrons. The first-order valence-corrected chi connectivity index (χ1v) is 10.7. The molecule has 0 saturated carbocycles. The smallest absolute Gasteiger partial charge is 0.222 e. The van der Waals surface area contributed by atoms with Crippen LogP contribution in [0.4, 0.5) is 0 Å². The third-order valence-corrected chi connectivity index (χ3v) is 7.33. The van der Waals surface area contributed by atoms with Crippen LogP contribution in [-0.2, 0) is 20.6 Å². The van der Waals surface area contributed by atoms with Gasteiger partial charge in [-0.05, 0) is 38.7 Å². The van der Waals surface area contributed by atoms with E-state index in [1.54, 1.807) is 4.31 Å². The molecule has 1 aromatic rings. The molecule has 0 aromatic heterocycles. The topological polar surface area (TPSA) is 57.7 Å². The van der Waals surface area contributed by atoms with Crippen LogP contribution in [0.2, 0.25) is 0 Å². The van der Waals surface area contributed by atoms with Gasteiger partial charge in [-0.15, -0.1) is 0 Å². The van der Waals surface area contributed by atoms with E-state index in [9.17, 15) is 13.2 Å². The van der Waals surface area contributed by atoms with E-state index in [4.69, 9.17) is 0 Å². The van der Waals surface area contributed by atoms with Crippen molar-refractivity contribution in [1.29, 1.82) is 0 Å². The molecule has 0 unspecified atom stereocenters. The third-order valence-electron chi connectivity index (χ3n) is 5.53. The van der Waals surface area contributed by atoms with E-state index in [2.05, 4.69) is 0 Å². The second-order valence-electron chi connectivity index (χ2n) is 7.79. The molecule has 0 N–H and O–H groups in total. The first-order valence-electron chi connectivity index (χ1n) is 9.13. The Balaban J connectivity index is 1.75. The molecule has 1 amide bonds. The Morgan fingerprint density at radius 2 is 1.84 bits per heavy atom. The van der Waals surface area contributed by atoms with Crippen LogP contribution in [0.15, 0.2) is 30.3 Å². The molecular weight excluding hydrogens is 336 g/mol. The Hall–Kier alpha value is -1.40. The Morgan fingerprint density at radius 3 is 2.52 bits per heavy atom. The molecule has 0 radical (unpaired) electrons. The maximum atomic E-state index is 12.9. The van der Waals surface area contributed by atoms with Crippen molar-refractivity contribution in [2.45, 2.75) is 51.3 Å². The van der Waals surface area contributed by atoms with Gasteiger partial charge in [-0.3, -0.25) is 4.79 Å². The Labute approximate surface area is 151 Å². The summed E-state index contributed by atoms with van der Waals surface area (Å²) in [6.07, 6.45) is 3.20. The highest BCUT2D eigenvalue weighted by molar-refractivity contribution is 7.88. The standard InChI is InChI=1S/C19H28N2O3S/c1-16(2)21-15-19(11-9-18(21)22)10-6-12-20(14-19)25(23,24)13-17-7-4-3-5-8-17/h3-5,7-8,16H,6,9-15H2,1-2H3/t19-/m1/s1. The summed E-state index contributed by atoms with van der Waals surface area (Å²) in [6, 6.07) is 9.52. The number of carbonyl (C=O) groups excluding carboxylic acids is 1. The lowest BCUT2D eigenvalue weighted by Gasteiger charge is -2.48. The van der Waals surface area contributed by atoms with Crippen LogP contribution < -0.4 is 0 Å². The Bertz CT molecular complexity index is 717. The zero-order valence-corrected chi connectivity index (χ0v) is 16.0. The highest BCUT2D eigenvalue weighted by Gasteiger charge is 2.44. The highest BCUT2D eigenvalue weighted by Crippen LogP contribution is 2.40. The normalized spacial score (nSPS) is 25.7. The van der Waals surface area contributed by atoms with Crippen molar-refractivity contribution in [3.05, 3.63) is 35.9 Å². The van der Waals surface area contributed by atoms with Gasteiger partial charge >= 0.3 is 0 Å². The Morgan fingerprint density at radius 1 is 1.12 bits per heavy atom. The number of amides is 1. The minimum atomic E-state index is -3.33. The summed E-state index contributed by atoms with van der Waals surface area (Å²) < 4.78 is 27.5. The molecule has 1 atom stereocenters. The summed E-state index contributed by atoms with van der Waals surface area (Å²) in [5.74, 6) is 0.251. The molecule has 1 spiro atoms. The zero-order chi connectivity index (χ0) is 18.1. The second-order valence-corrected chi connectivity index (χ2v) is 9.76. The van der Waals surface area contributed by atoms with E-state index in [0.29, 0.717) is 26.1 Å². The van der Waals surface area contributed by atoms with Gasteiger partial charge in [0.2, 0.25) is 15.9 Å². The summed E-state index contributed by atoms with van der Waals surface area (Å²) >= 11 is 0. The number of nitrogens with zero attached hydrogens (tertiary/aromatic N) is 2. The van der Waals surface area contributed by atoms with Gasteiger partial charge in [0.15, 0.2) is 0 Å². The lowest BCUT2D eigenvalue weighted by molar-refractivity contribution is -0.140. The average Bonchev–Trinajstić information content (AvgIpc) is 2.58. The van der Waals surface area contributed by atoms with Crippen molar-refractivity contribution >= 4 is 15.9 Å². The number of hydrogen-bond donors (Lipinski definition) is 0. The molecule has 5 nitrogen and oxygen atoms in total. The van der Waals surface area contributed by atoms with Gasteiger partial charge in [-0.1, -0.05) is 30.3 Å². The molecule has 2 aliphatic heterocycles. The largest absolute Gasteiger partial charge is 0.340 e. The van der Waals surface area contributed by atoms with Crippen LogP contribution in [0.5, 0.6) is 0 Å². The fraction of sp³-hybridized carbons (Fsp3) is 0.632. The minimum Gasteiger partial charge on any atom is -0.340 e. The molecule has 2 saturated heterocycles. The number of rotatable bonds is 4. The molecule has 2 heterocycles. The van der Waals surface area contributed by atoms with E-state index < -0.39 is 10.0 Å². The van der Waals surface area contributed by atoms with E-state index in [0.717, 1.165) is 24.8 Å². The fourth-order valence-electron chi connectivity index (χ4n) is 4.12. The van der Waals surface area contributed by atoms with Gasteiger partial charge in [0.1, 0.15) is 0 Å². The summed E-state index contributed by atoms with van der Waals surface area (Å²) in [5.41, 5.74) is 0.741. The summed E-state index contributed by atoms with van der Waals surface area (Å²) in [6.45, 7) is 5.87. The first-order chi connectivity index (χ1) is 11.8. The lowest BCUT2D eigenvalue weighted by Crippen LogP contribution is -2.56. The van der Waals surface area contributed by atoms with Crippen molar-refractivity contribution in [1.82, 2.24) is 9.21 Å². The molecule has 0 aliphatic carbocycles. The number of benzene rings is 1.